The number of quaternary nitrogens is 1. The number of amides is 3. The van der Waals surface area contributed by atoms with Crippen LogP contribution >= 0.6 is 0 Å². The molecule has 0 spiro atoms. The number of carbonyl (C=O) groups excluding carboxylic acids is 3. The highest BCUT2D eigenvalue weighted by atomic mass is 19.4. The summed E-state index contributed by atoms with van der Waals surface area (Å²) < 4.78 is 41.2. The van der Waals surface area contributed by atoms with Crippen LogP contribution in [0, 0.1) is 11.8 Å². The molecule has 4 aliphatic rings. The fraction of sp³-hybridized carbons (Fsp3) is 0.500. The number of nitrogens with zero attached hydrogens (tertiary/aromatic N) is 1. The van der Waals surface area contributed by atoms with E-state index in [1.54, 1.807) is 19.1 Å². The Bertz CT molecular complexity index is 1350. The number of fused-ring (bicyclic) bond motifs is 2. The Balaban J connectivity index is 1.37. The number of carbonyl (C=O) groups is 3. The molecule has 1 aromatic rings. The Labute approximate surface area is 242 Å². The Kier molecular flexibility index (Phi) is 8.08. The molecular formula is C30H37F3N5O4+. The molecule has 7 N–H and O–H groups in total. The van der Waals surface area contributed by atoms with Crippen molar-refractivity contribution >= 4 is 17.7 Å². The Hall–Kier alpha value is -3.48. The average molecular weight is 589 g/mol. The molecular weight excluding hydrogens is 551 g/mol. The molecule has 0 bridgehead atoms. The molecule has 1 aromatic carbocycles. The van der Waals surface area contributed by atoms with E-state index in [1.165, 1.54) is 24.3 Å². The van der Waals surface area contributed by atoms with Crippen LogP contribution in [0.1, 0.15) is 38.2 Å². The zero-order valence-corrected chi connectivity index (χ0v) is 23.4. The van der Waals surface area contributed by atoms with E-state index >= 15 is 0 Å². The van der Waals surface area contributed by atoms with Gasteiger partial charge in [0.05, 0.1) is 11.5 Å². The molecule has 3 amide bonds. The summed E-state index contributed by atoms with van der Waals surface area (Å²) in [4.78, 5) is 40.1. The van der Waals surface area contributed by atoms with Gasteiger partial charge in [-0.25, -0.2) is 9.28 Å². The second-order valence-corrected chi connectivity index (χ2v) is 11.8. The Morgan fingerprint density at radius 1 is 1.12 bits per heavy atom. The van der Waals surface area contributed by atoms with Crippen LogP contribution in [0.5, 0.6) is 5.75 Å². The first-order valence-electron chi connectivity index (χ1n) is 14.3. The van der Waals surface area contributed by atoms with Crippen LogP contribution in [0.25, 0.3) is 0 Å². The van der Waals surface area contributed by atoms with E-state index in [9.17, 15) is 32.7 Å². The number of allylic oxidation sites excluding steroid dienone is 3. The zero-order chi connectivity index (χ0) is 30.4. The summed E-state index contributed by atoms with van der Waals surface area (Å²) in [6, 6.07) is 4.61. The molecule has 2 aliphatic carbocycles. The molecule has 9 nitrogen and oxygen atoms in total. The quantitative estimate of drug-likeness (QED) is 0.198. The summed E-state index contributed by atoms with van der Waals surface area (Å²) >= 11 is 0. The molecule has 6 atom stereocenters. The Morgan fingerprint density at radius 3 is 2.40 bits per heavy atom. The van der Waals surface area contributed by atoms with E-state index in [0.717, 1.165) is 17.2 Å². The second kappa shape index (κ2) is 11.3. The van der Waals surface area contributed by atoms with Crippen LogP contribution in [0.3, 0.4) is 0 Å². The number of rotatable bonds is 11. The molecule has 1 saturated carbocycles. The van der Waals surface area contributed by atoms with E-state index in [4.69, 9.17) is 11.5 Å². The van der Waals surface area contributed by atoms with Crippen LogP contribution in [0.2, 0.25) is 0 Å². The van der Waals surface area contributed by atoms with Crippen LogP contribution in [0.4, 0.5) is 13.2 Å². The SMILES string of the molecule is CC(CC(=O)NC(CCN)CCN)C(=O)NC1CC2=C3C(C=C(C(F)(F)F)C=C2)C2C3[N+]2(Cc2ccc(O)cc2)C1=O. The van der Waals surface area contributed by atoms with Gasteiger partial charge in [-0.2, -0.15) is 13.2 Å². The number of nitrogens with one attached hydrogen (secondary N) is 2. The standard InChI is InChI=1S/C30H36F3N5O4/c1-16(12-24(40)36-20(8-10-34)9-11-35)28(41)37-23-13-18-4-5-19(30(31,32)33)14-22-25(18)27-26(22)38(27,29(23)42)15-17-2-6-21(39)7-3-17/h2-7,14,16,20,22-23,26-27H,8-13,15,34-35H2,1H3,(H2-,36,37,39,40,41)/p+1. The molecule has 42 heavy (non-hydrogen) atoms. The number of hydrogen-bond acceptors (Lipinski definition) is 6. The maximum Gasteiger partial charge on any atom is 0.416 e. The van der Waals surface area contributed by atoms with Gasteiger partial charge in [0.25, 0.3) is 0 Å². The highest BCUT2D eigenvalue weighted by Gasteiger charge is 2.84. The summed E-state index contributed by atoms with van der Waals surface area (Å²) in [5.74, 6) is -2.29. The third kappa shape index (κ3) is 5.38. The number of benzene rings is 1. The second-order valence-electron chi connectivity index (χ2n) is 11.8. The van der Waals surface area contributed by atoms with Gasteiger partial charge < -0.3 is 27.2 Å². The Morgan fingerprint density at radius 2 is 1.79 bits per heavy atom. The van der Waals surface area contributed by atoms with Crippen molar-refractivity contribution in [1.82, 2.24) is 10.6 Å². The van der Waals surface area contributed by atoms with Crippen molar-refractivity contribution in [3.8, 4) is 5.75 Å². The first-order valence-corrected chi connectivity index (χ1v) is 14.3. The molecule has 2 fully saturated rings. The minimum Gasteiger partial charge on any atom is -0.508 e. The lowest BCUT2D eigenvalue weighted by atomic mass is 9.75. The fourth-order valence-electron chi connectivity index (χ4n) is 6.93. The van der Waals surface area contributed by atoms with Crippen molar-refractivity contribution in [1.29, 1.82) is 0 Å². The summed E-state index contributed by atoms with van der Waals surface area (Å²) in [5, 5.41) is 15.4. The van der Waals surface area contributed by atoms with Gasteiger partial charge in [0.1, 0.15) is 18.3 Å². The number of alkyl halides is 3. The zero-order valence-electron chi connectivity index (χ0n) is 23.4. The number of hydrogen-bond donors (Lipinski definition) is 5. The van der Waals surface area contributed by atoms with Gasteiger partial charge in [-0.3, -0.25) is 9.59 Å². The highest BCUT2D eigenvalue weighted by molar-refractivity contribution is 5.90. The monoisotopic (exact) mass is 588 g/mol. The van der Waals surface area contributed by atoms with Gasteiger partial charge in [-0.15, -0.1) is 0 Å². The summed E-state index contributed by atoms with van der Waals surface area (Å²) in [6.07, 6.45) is 0.258. The van der Waals surface area contributed by atoms with E-state index in [1.807, 2.05) is 0 Å². The topological polar surface area (TPSA) is 148 Å². The summed E-state index contributed by atoms with van der Waals surface area (Å²) in [5.41, 5.74) is 12.7. The predicted molar refractivity (Wildman–Crippen MR) is 148 cm³/mol. The fourth-order valence-corrected chi connectivity index (χ4v) is 6.93. The van der Waals surface area contributed by atoms with Crippen molar-refractivity contribution in [2.75, 3.05) is 13.1 Å². The molecule has 2 aliphatic heterocycles. The third-order valence-electron chi connectivity index (χ3n) is 8.99. The first kappa shape index (κ1) is 30.0. The van der Waals surface area contributed by atoms with Crippen LogP contribution in [-0.2, 0) is 20.9 Å². The molecule has 5 rings (SSSR count). The van der Waals surface area contributed by atoms with Crippen molar-refractivity contribution in [2.24, 2.45) is 23.3 Å². The lowest BCUT2D eigenvalue weighted by Crippen LogP contribution is -2.52. The average Bonchev–Trinajstić information content (AvgIpc) is 3.54. The number of phenolic OH excluding ortho intramolecular Hbond substituents is 1. The summed E-state index contributed by atoms with van der Waals surface area (Å²) in [6.45, 7) is 2.58. The van der Waals surface area contributed by atoms with E-state index in [2.05, 4.69) is 10.6 Å². The normalized spacial score (nSPS) is 28.3. The van der Waals surface area contributed by atoms with Crippen LogP contribution < -0.4 is 22.1 Å². The maximum absolute atomic E-state index is 14.2. The van der Waals surface area contributed by atoms with Crippen molar-refractivity contribution in [3.63, 3.8) is 0 Å². The minimum absolute atomic E-state index is 0.0632. The molecule has 0 aromatic heterocycles. The molecule has 0 radical (unpaired) electrons. The van der Waals surface area contributed by atoms with E-state index < -0.39 is 35.5 Å². The predicted octanol–water partition coefficient (Wildman–Crippen LogP) is 2.07. The lowest BCUT2D eigenvalue weighted by Gasteiger charge is -2.27. The number of phenols is 1. The summed E-state index contributed by atoms with van der Waals surface area (Å²) in [7, 11) is 0. The van der Waals surface area contributed by atoms with Crippen molar-refractivity contribution in [3.05, 3.63) is 64.8 Å². The first-order chi connectivity index (χ1) is 19.9. The number of nitrogens with two attached hydrogens (primary N) is 2. The lowest BCUT2D eigenvalue weighted by molar-refractivity contribution is -0.754. The van der Waals surface area contributed by atoms with Gasteiger partial charge in [0.15, 0.2) is 12.1 Å². The van der Waals surface area contributed by atoms with E-state index in [0.29, 0.717) is 31.5 Å². The molecule has 226 valence electrons. The van der Waals surface area contributed by atoms with Crippen LogP contribution in [-0.4, -0.2) is 70.7 Å². The smallest absolute Gasteiger partial charge is 0.416 e. The largest absolute Gasteiger partial charge is 0.508 e. The number of halogens is 3. The molecule has 1 saturated heterocycles. The highest BCUT2D eigenvalue weighted by Crippen LogP contribution is 2.66. The number of aromatic hydroxyl groups is 1. The minimum atomic E-state index is -4.53. The molecule has 12 heteroatoms. The van der Waals surface area contributed by atoms with Gasteiger partial charge in [0.2, 0.25) is 11.8 Å². The third-order valence-corrected chi connectivity index (χ3v) is 8.99. The van der Waals surface area contributed by atoms with Crippen molar-refractivity contribution < 1.29 is 37.1 Å². The maximum atomic E-state index is 14.2. The van der Waals surface area contributed by atoms with Gasteiger partial charge >= 0.3 is 12.1 Å². The van der Waals surface area contributed by atoms with E-state index in [-0.39, 0.29) is 59.6 Å². The van der Waals surface area contributed by atoms with Gasteiger partial charge in [-0.1, -0.05) is 25.2 Å². The van der Waals surface area contributed by atoms with Crippen LogP contribution in [0.15, 0.2) is 59.2 Å². The molecule has 6 unspecified atom stereocenters. The van der Waals surface area contributed by atoms with Crippen molar-refractivity contribution in [2.45, 2.75) is 69.5 Å². The van der Waals surface area contributed by atoms with Gasteiger partial charge in [0, 0.05) is 35.9 Å². The molecule has 2 heterocycles. The van der Waals surface area contributed by atoms with Gasteiger partial charge in [-0.05, 0) is 55.8 Å².